The molecule has 0 aliphatic carbocycles. The Bertz CT molecular complexity index is 824. The summed E-state index contributed by atoms with van der Waals surface area (Å²) in [6, 6.07) is 13.6. The molecule has 2 aromatic rings. The van der Waals surface area contributed by atoms with E-state index in [1.165, 1.54) is 18.5 Å². The van der Waals surface area contributed by atoms with Crippen molar-refractivity contribution >= 4 is 17.3 Å². The summed E-state index contributed by atoms with van der Waals surface area (Å²) in [5, 5.41) is 3.04. The minimum absolute atomic E-state index is 0.122. The Kier molecular flexibility index (Phi) is 5.81. The van der Waals surface area contributed by atoms with Gasteiger partial charge in [-0.05, 0) is 68.5 Å². The molecule has 5 heteroatoms. The Morgan fingerprint density at radius 2 is 2.00 bits per heavy atom. The molecule has 0 aromatic heterocycles. The maximum absolute atomic E-state index is 12.9. The standard InChI is InChI=1S/C23H28N2O3/c1-17-15-18(25-12-4-5-13-25)10-11-21(17)24-23(26)20-8-2-3-9-22(20)28-16-19-7-6-14-27-19/h2-3,8-11,15,19H,4-7,12-14,16H2,1H3,(H,24,26)/t19-/m1/s1. The highest BCUT2D eigenvalue weighted by atomic mass is 16.5. The van der Waals surface area contributed by atoms with Gasteiger partial charge in [0.25, 0.3) is 5.91 Å². The van der Waals surface area contributed by atoms with Gasteiger partial charge in [0.05, 0.1) is 11.7 Å². The van der Waals surface area contributed by atoms with E-state index >= 15 is 0 Å². The number of amides is 1. The quantitative estimate of drug-likeness (QED) is 0.807. The zero-order valence-electron chi connectivity index (χ0n) is 16.4. The van der Waals surface area contributed by atoms with Crippen molar-refractivity contribution in [1.82, 2.24) is 0 Å². The van der Waals surface area contributed by atoms with Crippen LogP contribution in [0, 0.1) is 6.92 Å². The number of nitrogens with one attached hydrogen (secondary N) is 1. The lowest BCUT2D eigenvalue weighted by Gasteiger charge is -2.19. The zero-order valence-corrected chi connectivity index (χ0v) is 16.4. The van der Waals surface area contributed by atoms with Crippen LogP contribution in [0.25, 0.3) is 0 Å². The fraction of sp³-hybridized carbons (Fsp3) is 0.435. The summed E-state index contributed by atoms with van der Waals surface area (Å²) in [5.74, 6) is 0.446. The summed E-state index contributed by atoms with van der Waals surface area (Å²) in [6.07, 6.45) is 4.71. The van der Waals surface area contributed by atoms with Crippen LogP contribution in [0.4, 0.5) is 11.4 Å². The summed E-state index contributed by atoms with van der Waals surface area (Å²) in [5.41, 5.74) is 3.68. The molecular formula is C23H28N2O3. The van der Waals surface area contributed by atoms with Crippen molar-refractivity contribution in [2.24, 2.45) is 0 Å². The van der Waals surface area contributed by atoms with Crippen LogP contribution in [0.1, 0.15) is 41.6 Å². The van der Waals surface area contributed by atoms with Gasteiger partial charge < -0.3 is 19.7 Å². The lowest BCUT2D eigenvalue weighted by Crippen LogP contribution is -2.20. The van der Waals surface area contributed by atoms with Gasteiger partial charge in [-0.3, -0.25) is 4.79 Å². The summed E-state index contributed by atoms with van der Waals surface area (Å²) >= 11 is 0. The Morgan fingerprint density at radius 1 is 1.18 bits per heavy atom. The molecule has 2 saturated heterocycles. The number of carbonyl (C=O) groups excluding carboxylic acids is 1. The largest absolute Gasteiger partial charge is 0.490 e. The van der Waals surface area contributed by atoms with E-state index in [2.05, 4.69) is 22.3 Å². The first-order valence-electron chi connectivity index (χ1n) is 10.2. The highest BCUT2D eigenvalue weighted by Crippen LogP contribution is 2.27. The van der Waals surface area contributed by atoms with Crippen LogP contribution in [-0.2, 0) is 4.74 Å². The monoisotopic (exact) mass is 380 g/mol. The molecule has 0 unspecified atom stereocenters. The number of benzene rings is 2. The van der Waals surface area contributed by atoms with Crippen LogP contribution in [0.3, 0.4) is 0 Å². The lowest BCUT2D eigenvalue weighted by atomic mass is 10.1. The van der Waals surface area contributed by atoms with Crippen molar-refractivity contribution in [3.05, 3.63) is 53.6 Å². The fourth-order valence-electron chi connectivity index (χ4n) is 3.89. The molecule has 1 N–H and O–H groups in total. The van der Waals surface area contributed by atoms with Gasteiger partial charge in [0.1, 0.15) is 12.4 Å². The van der Waals surface area contributed by atoms with Gasteiger partial charge in [-0.25, -0.2) is 0 Å². The molecule has 2 aliphatic heterocycles. The Balaban J connectivity index is 1.44. The number of nitrogens with zero attached hydrogens (tertiary/aromatic N) is 1. The third-order valence-electron chi connectivity index (χ3n) is 5.51. The van der Waals surface area contributed by atoms with Crippen molar-refractivity contribution in [3.8, 4) is 5.75 Å². The third-order valence-corrected chi connectivity index (χ3v) is 5.51. The van der Waals surface area contributed by atoms with Gasteiger partial charge >= 0.3 is 0 Å². The van der Waals surface area contributed by atoms with Gasteiger partial charge in [0.15, 0.2) is 0 Å². The van der Waals surface area contributed by atoms with Gasteiger partial charge in [0, 0.05) is 31.1 Å². The van der Waals surface area contributed by atoms with Crippen molar-refractivity contribution in [2.45, 2.75) is 38.7 Å². The minimum atomic E-state index is -0.153. The normalized spacial score (nSPS) is 19.0. The van der Waals surface area contributed by atoms with E-state index < -0.39 is 0 Å². The Hall–Kier alpha value is -2.53. The van der Waals surface area contributed by atoms with Crippen LogP contribution in [0.5, 0.6) is 5.75 Å². The Morgan fingerprint density at radius 3 is 2.75 bits per heavy atom. The topological polar surface area (TPSA) is 50.8 Å². The van der Waals surface area contributed by atoms with E-state index in [0.717, 1.165) is 43.8 Å². The number of aryl methyl sites for hydroxylation is 1. The molecule has 5 nitrogen and oxygen atoms in total. The minimum Gasteiger partial charge on any atom is -0.490 e. The SMILES string of the molecule is Cc1cc(N2CCCC2)ccc1NC(=O)c1ccccc1OC[C@H]1CCCO1. The number of anilines is 2. The first kappa shape index (κ1) is 18.8. The van der Waals surface area contributed by atoms with Crippen molar-refractivity contribution < 1.29 is 14.3 Å². The highest BCUT2D eigenvalue weighted by molar-refractivity contribution is 6.06. The number of rotatable bonds is 6. The number of hydrogen-bond acceptors (Lipinski definition) is 4. The molecule has 1 atom stereocenters. The summed E-state index contributed by atoms with van der Waals surface area (Å²) in [7, 11) is 0. The number of ether oxygens (including phenoxy) is 2. The molecule has 0 bridgehead atoms. The third kappa shape index (κ3) is 4.30. The molecule has 2 aliphatic rings. The average molecular weight is 380 g/mol. The van der Waals surface area contributed by atoms with E-state index in [4.69, 9.17) is 9.47 Å². The molecule has 148 valence electrons. The highest BCUT2D eigenvalue weighted by Gasteiger charge is 2.19. The van der Waals surface area contributed by atoms with Crippen molar-refractivity contribution in [2.75, 3.05) is 36.5 Å². The fourth-order valence-corrected chi connectivity index (χ4v) is 3.89. The molecule has 1 amide bonds. The number of carbonyl (C=O) groups is 1. The van der Waals surface area contributed by atoms with E-state index in [9.17, 15) is 4.79 Å². The second kappa shape index (κ2) is 8.65. The summed E-state index contributed by atoms with van der Waals surface area (Å²) in [6.45, 7) is 5.53. The van der Waals surface area contributed by atoms with Crippen LogP contribution in [0.2, 0.25) is 0 Å². The molecule has 2 fully saturated rings. The van der Waals surface area contributed by atoms with Crippen LogP contribution >= 0.6 is 0 Å². The van der Waals surface area contributed by atoms with Gasteiger partial charge in [-0.1, -0.05) is 12.1 Å². The molecule has 2 aromatic carbocycles. The lowest BCUT2D eigenvalue weighted by molar-refractivity contribution is 0.0673. The average Bonchev–Trinajstić information content (AvgIpc) is 3.42. The second-order valence-electron chi connectivity index (χ2n) is 7.59. The van der Waals surface area contributed by atoms with E-state index in [1.54, 1.807) is 6.07 Å². The molecule has 0 spiro atoms. The number of para-hydroxylation sites is 1. The molecule has 2 heterocycles. The second-order valence-corrected chi connectivity index (χ2v) is 7.59. The van der Waals surface area contributed by atoms with Crippen molar-refractivity contribution in [1.29, 1.82) is 0 Å². The van der Waals surface area contributed by atoms with Gasteiger partial charge in [-0.15, -0.1) is 0 Å². The van der Waals surface area contributed by atoms with Crippen molar-refractivity contribution in [3.63, 3.8) is 0 Å². The van der Waals surface area contributed by atoms with Crippen LogP contribution in [-0.4, -0.2) is 38.3 Å². The molecule has 4 rings (SSSR count). The molecular weight excluding hydrogens is 352 g/mol. The predicted molar refractivity (Wildman–Crippen MR) is 111 cm³/mol. The van der Waals surface area contributed by atoms with E-state index in [-0.39, 0.29) is 12.0 Å². The maximum atomic E-state index is 12.9. The maximum Gasteiger partial charge on any atom is 0.259 e. The smallest absolute Gasteiger partial charge is 0.259 e. The zero-order chi connectivity index (χ0) is 19.3. The Labute approximate surface area is 166 Å². The molecule has 0 radical (unpaired) electrons. The van der Waals surface area contributed by atoms with Gasteiger partial charge in [0.2, 0.25) is 0 Å². The van der Waals surface area contributed by atoms with E-state index in [1.807, 2.05) is 31.2 Å². The molecule has 28 heavy (non-hydrogen) atoms. The summed E-state index contributed by atoms with van der Waals surface area (Å²) < 4.78 is 11.5. The number of hydrogen-bond donors (Lipinski definition) is 1. The van der Waals surface area contributed by atoms with Crippen LogP contribution in [0.15, 0.2) is 42.5 Å². The van der Waals surface area contributed by atoms with Crippen LogP contribution < -0.4 is 15.0 Å². The summed E-state index contributed by atoms with van der Waals surface area (Å²) in [4.78, 5) is 15.3. The first-order chi connectivity index (χ1) is 13.7. The first-order valence-corrected chi connectivity index (χ1v) is 10.2. The van der Waals surface area contributed by atoms with Gasteiger partial charge in [-0.2, -0.15) is 0 Å². The molecule has 0 saturated carbocycles. The van der Waals surface area contributed by atoms with E-state index in [0.29, 0.717) is 17.9 Å². The predicted octanol–water partition coefficient (Wildman–Crippen LogP) is 4.41.